The molecule has 0 heteroatoms. The molecule has 2 aliphatic carbocycles. The molecule has 70 valence electrons. The fourth-order valence-corrected chi connectivity index (χ4v) is 3.54. The Bertz CT molecular complexity index is 169. The van der Waals surface area contributed by atoms with Crippen molar-refractivity contribution in [3.8, 4) is 0 Å². The summed E-state index contributed by atoms with van der Waals surface area (Å²) in [6.07, 6.45) is 7.58. The lowest BCUT2D eigenvalue weighted by molar-refractivity contribution is 0.0169. The predicted octanol–water partition coefficient (Wildman–Crippen LogP) is 3.86. The molecule has 0 aliphatic heterocycles. The maximum Gasteiger partial charge on any atom is -0.0323 e. The van der Waals surface area contributed by atoms with E-state index in [4.69, 9.17) is 0 Å². The first-order valence-corrected chi connectivity index (χ1v) is 5.59. The molecular weight excluding hydrogens is 144 g/mol. The molecule has 12 heavy (non-hydrogen) atoms. The highest BCUT2D eigenvalue weighted by molar-refractivity contribution is 4.91. The lowest BCUT2D eigenvalue weighted by Gasteiger charge is -2.49. The topological polar surface area (TPSA) is 0 Å². The number of hydrogen-bond donors (Lipinski definition) is 0. The second-order valence-corrected chi connectivity index (χ2v) is 5.77. The first-order valence-electron chi connectivity index (χ1n) is 5.59. The standard InChI is InChI=1S/C12H22/c1-9-11-6-4-5-10(7-11)8-12(9,2)3/h9-11H,4-8H2,1-3H3/t9-,10?,11?/m1/s1. The van der Waals surface area contributed by atoms with Gasteiger partial charge < -0.3 is 0 Å². The molecule has 0 heterocycles. The van der Waals surface area contributed by atoms with Crippen molar-refractivity contribution in [2.45, 2.75) is 52.9 Å². The largest absolute Gasteiger partial charge is 0.0617 e. The van der Waals surface area contributed by atoms with E-state index in [1.807, 2.05) is 0 Å². The SMILES string of the molecule is C[C@@H]1C2CCCC(C2)CC1(C)C. The lowest BCUT2D eigenvalue weighted by atomic mass is 9.57. The van der Waals surface area contributed by atoms with Gasteiger partial charge in [0.25, 0.3) is 0 Å². The fraction of sp³-hybridized carbons (Fsp3) is 1.00. The molecule has 2 saturated carbocycles. The molecular formula is C12H22. The van der Waals surface area contributed by atoms with Crippen LogP contribution in [0.25, 0.3) is 0 Å². The summed E-state index contributed by atoms with van der Waals surface area (Å²) in [5, 5.41) is 0. The van der Waals surface area contributed by atoms with Crippen molar-refractivity contribution in [1.29, 1.82) is 0 Å². The van der Waals surface area contributed by atoms with Gasteiger partial charge in [0, 0.05) is 0 Å². The van der Waals surface area contributed by atoms with Crippen molar-refractivity contribution >= 4 is 0 Å². The summed E-state index contributed by atoms with van der Waals surface area (Å²) >= 11 is 0. The molecule has 2 unspecified atom stereocenters. The second kappa shape index (κ2) is 2.75. The van der Waals surface area contributed by atoms with Crippen molar-refractivity contribution in [3.05, 3.63) is 0 Å². The van der Waals surface area contributed by atoms with Crippen LogP contribution in [0.5, 0.6) is 0 Å². The van der Waals surface area contributed by atoms with Crippen molar-refractivity contribution in [2.24, 2.45) is 23.2 Å². The van der Waals surface area contributed by atoms with Crippen molar-refractivity contribution in [3.63, 3.8) is 0 Å². The second-order valence-electron chi connectivity index (χ2n) is 5.77. The quantitative estimate of drug-likeness (QED) is 0.512. The maximum atomic E-state index is 2.48. The van der Waals surface area contributed by atoms with E-state index in [2.05, 4.69) is 20.8 Å². The highest BCUT2D eigenvalue weighted by Crippen LogP contribution is 2.51. The Kier molecular flexibility index (Phi) is 1.97. The number of hydrogen-bond acceptors (Lipinski definition) is 0. The van der Waals surface area contributed by atoms with Crippen LogP contribution in [0, 0.1) is 23.2 Å². The van der Waals surface area contributed by atoms with Gasteiger partial charge in [-0.1, -0.05) is 40.0 Å². The normalized spacial score (nSPS) is 45.8. The van der Waals surface area contributed by atoms with Gasteiger partial charge in [-0.3, -0.25) is 0 Å². The molecule has 0 N–H and O–H groups in total. The van der Waals surface area contributed by atoms with Gasteiger partial charge in [0.2, 0.25) is 0 Å². The van der Waals surface area contributed by atoms with Crippen molar-refractivity contribution in [1.82, 2.24) is 0 Å². The van der Waals surface area contributed by atoms with Crippen LogP contribution in [0.4, 0.5) is 0 Å². The van der Waals surface area contributed by atoms with Crippen LogP contribution in [0.2, 0.25) is 0 Å². The molecule has 0 nitrogen and oxygen atoms in total. The maximum absolute atomic E-state index is 2.48. The first-order chi connectivity index (χ1) is 5.59. The predicted molar refractivity (Wildman–Crippen MR) is 53.0 cm³/mol. The zero-order chi connectivity index (χ0) is 8.77. The molecule has 0 amide bonds. The highest BCUT2D eigenvalue weighted by atomic mass is 14.5. The Labute approximate surface area is 76.7 Å². The molecule has 2 aliphatic rings. The fourth-order valence-electron chi connectivity index (χ4n) is 3.54. The van der Waals surface area contributed by atoms with E-state index in [-0.39, 0.29) is 0 Å². The number of rotatable bonds is 0. The van der Waals surface area contributed by atoms with Gasteiger partial charge in [0.1, 0.15) is 0 Å². The Hall–Kier alpha value is 0. The van der Waals surface area contributed by atoms with Crippen LogP contribution in [0.1, 0.15) is 52.9 Å². The summed E-state index contributed by atoms with van der Waals surface area (Å²) in [6, 6.07) is 0. The Morgan fingerprint density at radius 2 is 1.92 bits per heavy atom. The summed E-state index contributed by atoms with van der Waals surface area (Å²) in [6.45, 7) is 7.43. The third-order valence-corrected chi connectivity index (χ3v) is 4.58. The van der Waals surface area contributed by atoms with Crippen LogP contribution in [0.15, 0.2) is 0 Å². The third kappa shape index (κ3) is 1.30. The minimum Gasteiger partial charge on any atom is -0.0617 e. The molecule has 0 radical (unpaired) electrons. The number of fused-ring (bicyclic) bond motifs is 2. The van der Waals surface area contributed by atoms with E-state index in [9.17, 15) is 0 Å². The van der Waals surface area contributed by atoms with E-state index in [1.165, 1.54) is 25.7 Å². The molecule has 0 spiro atoms. The van der Waals surface area contributed by atoms with E-state index in [0.717, 1.165) is 17.8 Å². The molecule has 0 aromatic rings. The van der Waals surface area contributed by atoms with Crippen LogP contribution in [-0.2, 0) is 0 Å². The molecule has 0 saturated heterocycles. The minimum atomic E-state index is 0.633. The van der Waals surface area contributed by atoms with Crippen LogP contribution in [-0.4, -0.2) is 0 Å². The molecule has 3 atom stereocenters. The lowest BCUT2D eigenvalue weighted by Crippen LogP contribution is -2.39. The Morgan fingerprint density at radius 3 is 2.67 bits per heavy atom. The summed E-state index contributed by atoms with van der Waals surface area (Å²) in [7, 11) is 0. The zero-order valence-electron chi connectivity index (χ0n) is 8.77. The summed E-state index contributed by atoms with van der Waals surface area (Å²) in [5.41, 5.74) is 0.633. The van der Waals surface area contributed by atoms with Gasteiger partial charge in [-0.15, -0.1) is 0 Å². The minimum absolute atomic E-state index is 0.633. The monoisotopic (exact) mass is 166 g/mol. The van der Waals surface area contributed by atoms with E-state index >= 15 is 0 Å². The first kappa shape index (κ1) is 8.59. The zero-order valence-corrected chi connectivity index (χ0v) is 8.77. The van der Waals surface area contributed by atoms with E-state index in [0.29, 0.717) is 5.41 Å². The van der Waals surface area contributed by atoms with Gasteiger partial charge in [-0.2, -0.15) is 0 Å². The molecule has 2 fully saturated rings. The molecule has 0 aromatic heterocycles. The average molecular weight is 166 g/mol. The van der Waals surface area contributed by atoms with E-state index < -0.39 is 0 Å². The van der Waals surface area contributed by atoms with Crippen molar-refractivity contribution < 1.29 is 0 Å². The van der Waals surface area contributed by atoms with E-state index in [1.54, 1.807) is 6.42 Å². The van der Waals surface area contributed by atoms with Crippen LogP contribution in [0.3, 0.4) is 0 Å². The van der Waals surface area contributed by atoms with Crippen LogP contribution >= 0.6 is 0 Å². The third-order valence-electron chi connectivity index (χ3n) is 4.58. The van der Waals surface area contributed by atoms with Gasteiger partial charge in [-0.05, 0) is 36.0 Å². The molecule has 0 aromatic carbocycles. The van der Waals surface area contributed by atoms with Crippen LogP contribution < -0.4 is 0 Å². The van der Waals surface area contributed by atoms with Gasteiger partial charge >= 0.3 is 0 Å². The summed E-state index contributed by atoms with van der Waals surface area (Å²) in [4.78, 5) is 0. The van der Waals surface area contributed by atoms with Gasteiger partial charge in [0.05, 0.1) is 0 Å². The van der Waals surface area contributed by atoms with Gasteiger partial charge in [0.15, 0.2) is 0 Å². The van der Waals surface area contributed by atoms with Crippen molar-refractivity contribution in [2.75, 3.05) is 0 Å². The Morgan fingerprint density at radius 1 is 1.17 bits per heavy atom. The molecule has 2 bridgehead atoms. The molecule has 2 rings (SSSR count). The smallest absolute Gasteiger partial charge is 0.0323 e. The van der Waals surface area contributed by atoms with Gasteiger partial charge in [-0.25, -0.2) is 0 Å². The summed E-state index contributed by atoms with van der Waals surface area (Å²) in [5.74, 6) is 3.11. The highest BCUT2D eigenvalue weighted by Gasteiger charge is 2.41. The average Bonchev–Trinajstić information content (AvgIpc) is 2.01. The summed E-state index contributed by atoms with van der Waals surface area (Å²) < 4.78 is 0. The Balaban J connectivity index is 2.14.